The van der Waals surface area contributed by atoms with Crippen molar-refractivity contribution in [3.8, 4) is 5.69 Å². The average Bonchev–Trinajstić information content (AvgIpc) is 3.20. The summed E-state index contributed by atoms with van der Waals surface area (Å²) in [6, 6.07) is 16.5. The van der Waals surface area contributed by atoms with Gasteiger partial charge < -0.3 is 10.6 Å². The van der Waals surface area contributed by atoms with E-state index in [4.69, 9.17) is 11.6 Å². The van der Waals surface area contributed by atoms with E-state index in [1.807, 2.05) is 36.5 Å². The third-order valence-electron chi connectivity index (χ3n) is 4.12. The molecule has 0 aliphatic carbocycles. The number of halogens is 1. The Hall–Kier alpha value is -3.12. The number of benzene rings is 2. The number of para-hydroxylation sites is 1. The van der Waals surface area contributed by atoms with Gasteiger partial charge in [0.25, 0.3) is 5.91 Å². The molecule has 0 bridgehead atoms. The van der Waals surface area contributed by atoms with Crippen LogP contribution in [0.5, 0.6) is 0 Å². The summed E-state index contributed by atoms with van der Waals surface area (Å²) in [5.74, 6) is -0.237. The SMILES string of the molecule is O=C(CCCNC(=O)c1ccc(Cl)cc1)NCc1cnn(-c2ccccc2)c1. The van der Waals surface area contributed by atoms with E-state index in [9.17, 15) is 9.59 Å². The lowest BCUT2D eigenvalue weighted by Crippen LogP contribution is -2.27. The maximum absolute atomic E-state index is 12.0. The number of nitrogens with one attached hydrogen (secondary N) is 2. The smallest absolute Gasteiger partial charge is 0.251 e. The molecule has 0 radical (unpaired) electrons. The summed E-state index contributed by atoms with van der Waals surface area (Å²) in [7, 11) is 0. The minimum atomic E-state index is -0.176. The van der Waals surface area contributed by atoms with Gasteiger partial charge in [0, 0.05) is 41.9 Å². The van der Waals surface area contributed by atoms with Crippen molar-refractivity contribution in [1.29, 1.82) is 0 Å². The first-order valence-electron chi connectivity index (χ1n) is 9.01. The van der Waals surface area contributed by atoms with Crippen molar-refractivity contribution in [3.05, 3.63) is 83.1 Å². The van der Waals surface area contributed by atoms with Crippen LogP contribution >= 0.6 is 11.6 Å². The zero-order chi connectivity index (χ0) is 19.8. The number of amides is 2. The molecule has 28 heavy (non-hydrogen) atoms. The minimum absolute atomic E-state index is 0.0618. The van der Waals surface area contributed by atoms with Crippen molar-refractivity contribution in [2.24, 2.45) is 0 Å². The number of carbonyl (C=O) groups excluding carboxylic acids is 2. The molecule has 3 aromatic rings. The summed E-state index contributed by atoms with van der Waals surface area (Å²) in [5.41, 5.74) is 2.44. The molecule has 2 aromatic carbocycles. The molecular weight excluding hydrogens is 376 g/mol. The Labute approximate surface area is 168 Å². The van der Waals surface area contributed by atoms with Crippen LogP contribution in [0.25, 0.3) is 5.69 Å². The summed E-state index contributed by atoms with van der Waals surface area (Å²) in [4.78, 5) is 23.9. The Morgan fingerprint density at radius 3 is 2.50 bits per heavy atom. The Kier molecular flexibility index (Phi) is 6.81. The summed E-state index contributed by atoms with van der Waals surface area (Å²) in [6.07, 6.45) is 4.53. The topological polar surface area (TPSA) is 76.0 Å². The number of hydrogen-bond donors (Lipinski definition) is 2. The number of nitrogens with zero attached hydrogens (tertiary/aromatic N) is 2. The third kappa shape index (κ3) is 5.69. The van der Waals surface area contributed by atoms with E-state index in [1.165, 1.54) is 0 Å². The molecular formula is C21H21ClN4O2. The van der Waals surface area contributed by atoms with Crippen LogP contribution in [0, 0.1) is 0 Å². The first kappa shape index (κ1) is 19.6. The van der Waals surface area contributed by atoms with Gasteiger partial charge in [0.2, 0.25) is 5.91 Å². The summed E-state index contributed by atoms with van der Waals surface area (Å²) < 4.78 is 1.77. The second-order valence-electron chi connectivity index (χ2n) is 6.27. The number of rotatable bonds is 8. The third-order valence-corrected chi connectivity index (χ3v) is 4.37. The molecule has 1 aromatic heterocycles. The van der Waals surface area contributed by atoms with Crippen LogP contribution in [-0.2, 0) is 11.3 Å². The van der Waals surface area contributed by atoms with Crippen LogP contribution in [0.1, 0.15) is 28.8 Å². The van der Waals surface area contributed by atoms with Gasteiger partial charge in [-0.25, -0.2) is 4.68 Å². The summed E-state index contributed by atoms with van der Waals surface area (Å²) in [5, 5.41) is 10.6. The highest BCUT2D eigenvalue weighted by Crippen LogP contribution is 2.09. The Morgan fingerprint density at radius 1 is 1.00 bits per heavy atom. The maximum Gasteiger partial charge on any atom is 0.251 e. The van der Waals surface area contributed by atoms with E-state index in [1.54, 1.807) is 35.1 Å². The molecule has 0 saturated carbocycles. The molecule has 0 spiro atoms. The van der Waals surface area contributed by atoms with E-state index in [-0.39, 0.29) is 11.8 Å². The molecule has 2 N–H and O–H groups in total. The molecule has 2 amide bonds. The van der Waals surface area contributed by atoms with E-state index in [0.29, 0.717) is 36.5 Å². The van der Waals surface area contributed by atoms with Gasteiger partial charge in [-0.05, 0) is 42.8 Å². The zero-order valence-electron chi connectivity index (χ0n) is 15.3. The molecule has 7 heteroatoms. The molecule has 0 unspecified atom stereocenters. The highest BCUT2D eigenvalue weighted by Gasteiger charge is 2.07. The molecule has 0 fully saturated rings. The van der Waals surface area contributed by atoms with E-state index in [0.717, 1.165) is 11.3 Å². The van der Waals surface area contributed by atoms with Crippen molar-refractivity contribution in [1.82, 2.24) is 20.4 Å². The first-order valence-corrected chi connectivity index (χ1v) is 9.39. The van der Waals surface area contributed by atoms with Gasteiger partial charge in [0.1, 0.15) is 0 Å². The quantitative estimate of drug-likeness (QED) is 0.573. The molecule has 144 valence electrons. The average molecular weight is 397 g/mol. The van der Waals surface area contributed by atoms with Gasteiger partial charge in [-0.3, -0.25) is 9.59 Å². The van der Waals surface area contributed by atoms with Crippen LogP contribution in [0.4, 0.5) is 0 Å². The highest BCUT2D eigenvalue weighted by molar-refractivity contribution is 6.30. The van der Waals surface area contributed by atoms with Crippen LogP contribution in [-0.4, -0.2) is 28.1 Å². The molecule has 3 rings (SSSR count). The lowest BCUT2D eigenvalue weighted by Gasteiger charge is -2.06. The van der Waals surface area contributed by atoms with Crippen molar-refractivity contribution in [2.45, 2.75) is 19.4 Å². The van der Waals surface area contributed by atoms with Gasteiger partial charge in [-0.15, -0.1) is 0 Å². The van der Waals surface area contributed by atoms with Crippen molar-refractivity contribution in [3.63, 3.8) is 0 Å². The monoisotopic (exact) mass is 396 g/mol. The van der Waals surface area contributed by atoms with Gasteiger partial charge in [-0.2, -0.15) is 5.10 Å². The summed E-state index contributed by atoms with van der Waals surface area (Å²) >= 11 is 5.80. The van der Waals surface area contributed by atoms with E-state index in [2.05, 4.69) is 15.7 Å². The normalized spacial score (nSPS) is 10.5. The van der Waals surface area contributed by atoms with Crippen molar-refractivity contribution in [2.75, 3.05) is 6.54 Å². The molecule has 1 heterocycles. The van der Waals surface area contributed by atoms with Crippen molar-refractivity contribution < 1.29 is 9.59 Å². The fourth-order valence-corrected chi connectivity index (χ4v) is 2.74. The minimum Gasteiger partial charge on any atom is -0.352 e. The fraction of sp³-hybridized carbons (Fsp3) is 0.190. The predicted octanol–water partition coefficient (Wildman–Crippen LogP) is 3.35. The number of carbonyl (C=O) groups is 2. The molecule has 0 atom stereocenters. The number of aromatic nitrogens is 2. The van der Waals surface area contributed by atoms with Gasteiger partial charge >= 0.3 is 0 Å². The second-order valence-corrected chi connectivity index (χ2v) is 6.71. The molecule has 6 nitrogen and oxygen atoms in total. The Balaban J connectivity index is 1.35. The Bertz CT molecular complexity index is 923. The molecule has 0 aliphatic heterocycles. The van der Waals surface area contributed by atoms with E-state index < -0.39 is 0 Å². The first-order chi connectivity index (χ1) is 13.6. The number of hydrogen-bond acceptors (Lipinski definition) is 3. The Morgan fingerprint density at radius 2 is 1.75 bits per heavy atom. The summed E-state index contributed by atoms with van der Waals surface area (Å²) in [6.45, 7) is 0.851. The van der Waals surface area contributed by atoms with Crippen LogP contribution in [0.2, 0.25) is 5.02 Å². The van der Waals surface area contributed by atoms with E-state index >= 15 is 0 Å². The van der Waals surface area contributed by atoms with Gasteiger partial charge in [0.05, 0.1) is 11.9 Å². The maximum atomic E-state index is 12.0. The lowest BCUT2D eigenvalue weighted by molar-refractivity contribution is -0.121. The van der Waals surface area contributed by atoms with Crippen LogP contribution in [0.3, 0.4) is 0 Å². The zero-order valence-corrected chi connectivity index (χ0v) is 16.0. The van der Waals surface area contributed by atoms with Crippen LogP contribution in [0.15, 0.2) is 67.0 Å². The largest absolute Gasteiger partial charge is 0.352 e. The fourth-order valence-electron chi connectivity index (χ4n) is 2.62. The lowest BCUT2D eigenvalue weighted by atomic mass is 10.2. The standard InChI is InChI=1S/C21H21ClN4O2/c22-18-10-8-17(9-11-18)21(28)23-12-4-7-20(27)24-13-16-14-25-26(15-16)19-5-2-1-3-6-19/h1-3,5-6,8-11,14-15H,4,7,12-13H2,(H,23,28)(H,24,27). The highest BCUT2D eigenvalue weighted by atomic mass is 35.5. The molecule has 0 aliphatic rings. The van der Waals surface area contributed by atoms with Crippen LogP contribution < -0.4 is 10.6 Å². The predicted molar refractivity (Wildman–Crippen MR) is 108 cm³/mol. The van der Waals surface area contributed by atoms with Gasteiger partial charge in [-0.1, -0.05) is 29.8 Å². The van der Waals surface area contributed by atoms with Gasteiger partial charge in [0.15, 0.2) is 0 Å². The van der Waals surface area contributed by atoms with Crippen molar-refractivity contribution >= 4 is 23.4 Å². The molecule has 0 saturated heterocycles. The second kappa shape index (κ2) is 9.71.